The monoisotopic (exact) mass is 143 g/mol. The van der Waals surface area contributed by atoms with Gasteiger partial charge in [0.05, 0.1) is 12.8 Å². The Morgan fingerprint density at radius 2 is 2.30 bits per heavy atom. The van der Waals surface area contributed by atoms with Crippen LogP contribution >= 0.6 is 0 Å². The maximum absolute atomic E-state index is 5.43. The quantitative estimate of drug-likeness (QED) is 0.522. The summed E-state index contributed by atoms with van der Waals surface area (Å²) in [6, 6.07) is 0.545. The van der Waals surface area contributed by atoms with Gasteiger partial charge in [0.15, 0.2) is 0 Å². The summed E-state index contributed by atoms with van der Waals surface area (Å²) in [4.78, 5) is 0. The highest BCUT2D eigenvalue weighted by molar-refractivity contribution is 4.88. The highest BCUT2D eigenvalue weighted by Gasteiger charge is 2.35. The summed E-state index contributed by atoms with van der Waals surface area (Å²) in [5, 5.41) is 3.29. The van der Waals surface area contributed by atoms with Crippen molar-refractivity contribution in [2.24, 2.45) is 0 Å². The molecule has 0 aromatic heterocycles. The second-order valence-corrected chi connectivity index (χ2v) is 2.95. The molecule has 0 aromatic carbocycles. The van der Waals surface area contributed by atoms with Crippen LogP contribution in [0.5, 0.6) is 0 Å². The van der Waals surface area contributed by atoms with Crippen LogP contribution in [-0.2, 0) is 9.47 Å². The molecule has 0 bridgehead atoms. The minimum absolute atomic E-state index is 0.272. The number of ether oxygens (including phenoxy) is 2. The SMILES string of the molecule is C[C@@H]1OCCC2NCO[C@@H]21. The third kappa shape index (κ3) is 0.944. The van der Waals surface area contributed by atoms with Gasteiger partial charge in [-0.1, -0.05) is 0 Å². The zero-order valence-electron chi connectivity index (χ0n) is 6.17. The number of fused-ring (bicyclic) bond motifs is 1. The molecule has 2 aliphatic heterocycles. The Kier molecular flexibility index (Phi) is 1.64. The van der Waals surface area contributed by atoms with Crippen molar-refractivity contribution in [3.8, 4) is 0 Å². The normalized spacial score (nSPS) is 47.1. The molecular formula is C7H13NO2. The van der Waals surface area contributed by atoms with Crippen molar-refractivity contribution in [1.82, 2.24) is 5.32 Å². The molecule has 0 aromatic rings. The first-order valence-electron chi connectivity index (χ1n) is 3.84. The second kappa shape index (κ2) is 2.49. The van der Waals surface area contributed by atoms with E-state index >= 15 is 0 Å². The van der Waals surface area contributed by atoms with E-state index < -0.39 is 0 Å². The van der Waals surface area contributed by atoms with Crippen LogP contribution in [0.2, 0.25) is 0 Å². The fourth-order valence-corrected chi connectivity index (χ4v) is 1.69. The van der Waals surface area contributed by atoms with Crippen LogP contribution < -0.4 is 5.32 Å². The van der Waals surface area contributed by atoms with Crippen LogP contribution in [0.4, 0.5) is 0 Å². The van der Waals surface area contributed by atoms with Gasteiger partial charge in [-0.25, -0.2) is 0 Å². The molecule has 58 valence electrons. The van der Waals surface area contributed by atoms with E-state index in [1.165, 1.54) is 0 Å². The second-order valence-electron chi connectivity index (χ2n) is 2.95. The fraction of sp³-hybridized carbons (Fsp3) is 1.00. The summed E-state index contributed by atoms with van der Waals surface area (Å²) in [5.41, 5.74) is 0. The standard InChI is InChI=1S/C7H13NO2/c1-5-7-6(2-3-9-5)8-4-10-7/h5-8H,2-4H2,1H3/t5-,6?,7+/m0/s1. The van der Waals surface area contributed by atoms with Gasteiger partial charge in [-0.15, -0.1) is 0 Å². The lowest BCUT2D eigenvalue weighted by Crippen LogP contribution is -2.44. The summed E-state index contributed by atoms with van der Waals surface area (Å²) >= 11 is 0. The van der Waals surface area contributed by atoms with Crippen LogP contribution in [-0.4, -0.2) is 31.6 Å². The molecule has 2 saturated heterocycles. The molecule has 2 rings (SSSR count). The van der Waals surface area contributed by atoms with E-state index in [9.17, 15) is 0 Å². The molecule has 3 heteroatoms. The zero-order valence-corrected chi connectivity index (χ0v) is 6.17. The molecule has 2 aliphatic rings. The van der Waals surface area contributed by atoms with Gasteiger partial charge in [-0.2, -0.15) is 0 Å². The van der Waals surface area contributed by atoms with Crippen LogP contribution in [0.25, 0.3) is 0 Å². The number of rotatable bonds is 0. The molecule has 0 spiro atoms. The predicted octanol–water partition coefficient (Wildman–Crippen LogP) is 0.110. The first-order chi connectivity index (χ1) is 4.88. The minimum Gasteiger partial charge on any atom is -0.376 e. The van der Waals surface area contributed by atoms with Gasteiger partial charge in [-0.05, 0) is 13.3 Å². The summed E-state index contributed by atoms with van der Waals surface area (Å²) in [7, 11) is 0. The summed E-state index contributed by atoms with van der Waals surface area (Å²) in [6.45, 7) is 3.64. The smallest absolute Gasteiger partial charge is 0.101 e. The van der Waals surface area contributed by atoms with Gasteiger partial charge in [-0.3, -0.25) is 5.32 Å². The lowest BCUT2D eigenvalue weighted by molar-refractivity contribution is -0.0723. The highest BCUT2D eigenvalue weighted by atomic mass is 16.6. The van der Waals surface area contributed by atoms with Gasteiger partial charge in [0, 0.05) is 12.6 Å². The van der Waals surface area contributed by atoms with Crippen molar-refractivity contribution < 1.29 is 9.47 Å². The Balaban J connectivity index is 2.03. The highest BCUT2D eigenvalue weighted by Crippen LogP contribution is 2.20. The maximum Gasteiger partial charge on any atom is 0.101 e. The molecule has 2 fully saturated rings. The maximum atomic E-state index is 5.43. The van der Waals surface area contributed by atoms with Gasteiger partial charge in [0.1, 0.15) is 6.10 Å². The van der Waals surface area contributed by atoms with Crippen LogP contribution in [0, 0.1) is 0 Å². The van der Waals surface area contributed by atoms with Crippen LogP contribution in [0.15, 0.2) is 0 Å². The summed E-state index contributed by atoms with van der Waals surface area (Å²) in [6.07, 6.45) is 1.66. The molecule has 1 unspecified atom stereocenters. The lowest BCUT2D eigenvalue weighted by atomic mass is 10.0. The Bertz CT molecular complexity index is 129. The first kappa shape index (κ1) is 6.58. The Hall–Kier alpha value is -0.120. The number of nitrogens with one attached hydrogen (secondary N) is 1. The Morgan fingerprint density at radius 3 is 3.10 bits per heavy atom. The number of hydrogen-bond acceptors (Lipinski definition) is 3. The lowest BCUT2D eigenvalue weighted by Gasteiger charge is -2.29. The Morgan fingerprint density at radius 1 is 1.40 bits per heavy atom. The van der Waals surface area contributed by atoms with Gasteiger partial charge >= 0.3 is 0 Å². The third-order valence-corrected chi connectivity index (χ3v) is 2.29. The molecule has 0 radical (unpaired) electrons. The topological polar surface area (TPSA) is 30.5 Å². The average Bonchev–Trinajstić information content (AvgIpc) is 2.36. The molecule has 0 amide bonds. The van der Waals surface area contributed by atoms with Crippen molar-refractivity contribution in [3.05, 3.63) is 0 Å². The zero-order chi connectivity index (χ0) is 6.97. The minimum atomic E-state index is 0.272. The van der Waals surface area contributed by atoms with E-state index in [0.29, 0.717) is 18.9 Å². The largest absolute Gasteiger partial charge is 0.376 e. The van der Waals surface area contributed by atoms with Gasteiger partial charge in [0.25, 0.3) is 0 Å². The van der Waals surface area contributed by atoms with Crippen LogP contribution in [0.1, 0.15) is 13.3 Å². The average molecular weight is 143 g/mol. The Labute approximate surface area is 60.7 Å². The van der Waals surface area contributed by atoms with E-state index in [1.807, 2.05) is 0 Å². The van der Waals surface area contributed by atoms with E-state index in [1.54, 1.807) is 0 Å². The number of hydrogen-bond donors (Lipinski definition) is 1. The van der Waals surface area contributed by atoms with E-state index in [2.05, 4.69) is 12.2 Å². The van der Waals surface area contributed by atoms with Crippen molar-refractivity contribution in [1.29, 1.82) is 0 Å². The van der Waals surface area contributed by atoms with E-state index in [0.717, 1.165) is 13.0 Å². The summed E-state index contributed by atoms with van der Waals surface area (Å²) < 4.78 is 10.9. The molecular weight excluding hydrogens is 130 g/mol. The van der Waals surface area contributed by atoms with Gasteiger partial charge in [0.2, 0.25) is 0 Å². The van der Waals surface area contributed by atoms with Gasteiger partial charge < -0.3 is 9.47 Å². The molecule has 1 N–H and O–H groups in total. The molecule has 3 atom stereocenters. The van der Waals surface area contributed by atoms with E-state index in [4.69, 9.17) is 9.47 Å². The molecule has 0 aliphatic carbocycles. The first-order valence-corrected chi connectivity index (χ1v) is 3.84. The van der Waals surface area contributed by atoms with E-state index in [-0.39, 0.29) is 6.10 Å². The predicted molar refractivity (Wildman–Crippen MR) is 36.7 cm³/mol. The van der Waals surface area contributed by atoms with Crippen LogP contribution in [0.3, 0.4) is 0 Å². The molecule has 3 nitrogen and oxygen atoms in total. The molecule has 2 heterocycles. The summed E-state index contributed by atoms with van der Waals surface area (Å²) in [5.74, 6) is 0. The fourth-order valence-electron chi connectivity index (χ4n) is 1.69. The van der Waals surface area contributed by atoms with Crippen molar-refractivity contribution in [2.45, 2.75) is 31.6 Å². The van der Waals surface area contributed by atoms with Crippen molar-refractivity contribution in [3.63, 3.8) is 0 Å². The third-order valence-electron chi connectivity index (χ3n) is 2.29. The molecule has 10 heavy (non-hydrogen) atoms. The molecule has 0 saturated carbocycles. The van der Waals surface area contributed by atoms with Crippen molar-refractivity contribution in [2.75, 3.05) is 13.3 Å². The van der Waals surface area contributed by atoms with Crippen molar-refractivity contribution >= 4 is 0 Å².